The fourth-order valence-corrected chi connectivity index (χ4v) is 1.90. The molecule has 0 saturated heterocycles. The maximum atomic E-state index is 14.0. The Balaban J connectivity index is 1.98. The minimum atomic E-state index is -0.367. The molecule has 0 unspecified atom stereocenters. The number of hydrogen-bond donors (Lipinski definition) is 3. The number of benzene rings is 2. The van der Waals surface area contributed by atoms with Crippen molar-refractivity contribution in [3.05, 3.63) is 64.4 Å². The first-order chi connectivity index (χ1) is 10.5. The maximum Gasteiger partial charge on any atom is 0.184 e. The van der Waals surface area contributed by atoms with Crippen molar-refractivity contribution in [2.45, 2.75) is 6.54 Å². The third-order valence-electron chi connectivity index (χ3n) is 2.78. The topological polar surface area (TPSA) is 62.4 Å². The van der Waals surface area contributed by atoms with Crippen LogP contribution in [-0.4, -0.2) is 11.3 Å². The molecule has 0 fully saturated rings. The molecule has 7 heteroatoms. The molecule has 0 heterocycles. The number of nitrogens with zero attached hydrogens (tertiary/aromatic N) is 1. The number of halogens is 2. The molecule has 114 valence electrons. The molecule has 2 aromatic rings. The molecule has 4 nitrogen and oxygen atoms in total. The van der Waals surface area contributed by atoms with Crippen molar-refractivity contribution in [1.82, 2.24) is 5.43 Å². The van der Waals surface area contributed by atoms with E-state index in [1.807, 2.05) is 12.1 Å². The Kier molecular flexibility index (Phi) is 5.68. The van der Waals surface area contributed by atoms with Gasteiger partial charge < -0.3 is 11.1 Å². The predicted octanol–water partition coefficient (Wildman–Crippen LogP) is 3.26. The molecule has 0 aromatic heterocycles. The fourth-order valence-electron chi connectivity index (χ4n) is 1.72. The van der Waals surface area contributed by atoms with Crippen molar-refractivity contribution in [3.63, 3.8) is 0 Å². The molecule has 2 aromatic carbocycles. The Bertz CT molecular complexity index is 688. The normalized spacial score (nSPS) is 10.6. The summed E-state index contributed by atoms with van der Waals surface area (Å²) >= 11 is 10.4. The zero-order chi connectivity index (χ0) is 15.9. The van der Waals surface area contributed by atoms with Crippen LogP contribution >= 0.6 is 23.8 Å². The average Bonchev–Trinajstić information content (AvgIpc) is 2.48. The Morgan fingerprint density at radius 3 is 2.64 bits per heavy atom. The second kappa shape index (κ2) is 7.72. The molecule has 0 aliphatic heterocycles. The van der Waals surface area contributed by atoms with Gasteiger partial charge in [-0.05, 0) is 47.6 Å². The molecule has 0 atom stereocenters. The molecular formula is C15H14ClFN4S. The van der Waals surface area contributed by atoms with Crippen LogP contribution in [0, 0.1) is 5.82 Å². The molecule has 4 N–H and O–H groups in total. The average molecular weight is 337 g/mol. The van der Waals surface area contributed by atoms with Gasteiger partial charge in [0.25, 0.3) is 0 Å². The van der Waals surface area contributed by atoms with Crippen molar-refractivity contribution < 1.29 is 4.39 Å². The smallest absolute Gasteiger partial charge is 0.184 e. The highest BCUT2D eigenvalue weighted by atomic mass is 35.5. The predicted molar refractivity (Wildman–Crippen MR) is 92.7 cm³/mol. The summed E-state index contributed by atoms with van der Waals surface area (Å²) in [6.07, 6.45) is 1.44. The van der Waals surface area contributed by atoms with Crippen LogP contribution in [0.2, 0.25) is 5.02 Å². The lowest BCUT2D eigenvalue weighted by molar-refractivity contribution is 0.630. The van der Waals surface area contributed by atoms with Crippen molar-refractivity contribution in [3.8, 4) is 0 Å². The maximum absolute atomic E-state index is 14.0. The number of thiocarbonyl (C=S) groups is 1. The second-order valence-electron chi connectivity index (χ2n) is 4.45. The van der Waals surface area contributed by atoms with Crippen LogP contribution in [0.25, 0.3) is 0 Å². The van der Waals surface area contributed by atoms with Gasteiger partial charge in [0.15, 0.2) is 5.11 Å². The summed E-state index contributed by atoms with van der Waals surface area (Å²) in [4.78, 5) is 0. The van der Waals surface area contributed by atoms with E-state index in [4.69, 9.17) is 17.3 Å². The molecule has 0 amide bonds. The highest BCUT2D eigenvalue weighted by Gasteiger charge is 2.03. The number of hydrogen-bond acceptors (Lipinski definition) is 3. The largest absolute Gasteiger partial charge is 0.379 e. The van der Waals surface area contributed by atoms with E-state index < -0.39 is 0 Å². The SMILES string of the molecule is NC(=S)N/N=C/c1ccc(NCc2ccc(Cl)cc2)c(F)c1. The van der Waals surface area contributed by atoms with Gasteiger partial charge in [-0.2, -0.15) is 5.10 Å². The first-order valence-electron chi connectivity index (χ1n) is 6.41. The zero-order valence-electron chi connectivity index (χ0n) is 11.5. The third-order valence-corrected chi connectivity index (χ3v) is 3.12. The van der Waals surface area contributed by atoms with Gasteiger partial charge in [0, 0.05) is 11.6 Å². The fraction of sp³-hybridized carbons (Fsp3) is 0.0667. The molecular weight excluding hydrogens is 323 g/mol. The van der Waals surface area contributed by atoms with Crippen LogP contribution in [0.1, 0.15) is 11.1 Å². The van der Waals surface area contributed by atoms with Gasteiger partial charge in [0.1, 0.15) is 5.82 Å². The lowest BCUT2D eigenvalue weighted by Crippen LogP contribution is -2.23. The van der Waals surface area contributed by atoms with E-state index in [2.05, 4.69) is 28.1 Å². The Hall–Kier alpha value is -2.18. The van der Waals surface area contributed by atoms with Crippen molar-refractivity contribution in [1.29, 1.82) is 0 Å². The first-order valence-corrected chi connectivity index (χ1v) is 7.19. The van der Waals surface area contributed by atoms with Crippen LogP contribution < -0.4 is 16.5 Å². The van der Waals surface area contributed by atoms with E-state index in [0.717, 1.165) is 5.56 Å². The highest BCUT2D eigenvalue weighted by molar-refractivity contribution is 7.80. The first kappa shape index (κ1) is 16.2. The number of anilines is 1. The van der Waals surface area contributed by atoms with Crippen LogP contribution in [-0.2, 0) is 6.54 Å². The van der Waals surface area contributed by atoms with Gasteiger partial charge in [-0.15, -0.1) is 0 Å². The molecule has 0 aliphatic carbocycles. The minimum Gasteiger partial charge on any atom is -0.379 e. The summed E-state index contributed by atoms with van der Waals surface area (Å²) in [5, 5.41) is 7.53. The molecule has 0 bridgehead atoms. The number of hydrazone groups is 1. The van der Waals surface area contributed by atoms with E-state index in [0.29, 0.717) is 22.8 Å². The van der Waals surface area contributed by atoms with Crippen molar-refractivity contribution >= 4 is 40.8 Å². The third kappa shape index (κ3) is 4.98. The summed E-state index contributed by atoms with van der Waals surface area (Å²) in [5.41, 5.74) is 9.65. The molecule has 0 spiro atoms. The molecule has 0 saturated carbocycles. The Morgan fingerprint density at radius 1 is 1.27 bits per heavy atom. The zero-order valence-corrected chi connectivity index (χ0v) is 13.1. The molecule has 2 rings (SSSR count). The summed E-state index contributed by atoms with van der Waals surface area (Å²) in [6, 6.07) is 12.1. The van der Waals surface area contributed by atoms with Gasteiger partial charge in [-0.1, -0.05) is 29.8 Å². The molecule has 0 aliphatic rings. The van der Waals surface area contributed by atoms with Crippen LogP contribution in [0.5, 0.6) is 0 Å². The van der Waals surface area contributed by atoms with Crippen LogP contribution in [0.4, 0.5) is 10.1 Å². The van der Waals surface area contributed by atoms with Gasteiger partial charge in [0.05, 0.1) is 11.9 Å². The second-order valence-corrected chi connectivity index (χ2v) is 5.33. The van der Waals surface area contributed by atoms with Gasteiger partial charge in [0.2, 0.25) is 0 Å². The molecule has 22 heavy (non-hydrogen) atoms. The van der Waals surface area contributed by atoms with E-state index in [-0.39, 0.29) is 10.9 Å². The summed E-state index contributed by atoms with van der Waals surface area (Å²) in [5.74, 6) is -0.367. The minimum absolute atomic E-state index is 0.0537. The summed E-state index contributed by atoms with van der Waals surface area (Å²) in [6.45, 7) is 0.504. The Morgan fingerprint density at radius 2 is 2.00 bits per heavy atom. The van der Waals surface area contributed by atoms with Crippen LogP contribution in [0.3, 0.4) is 0 Å². The number of rotatable bonds is 5. The Labute approximate surface area is 138 Å². The van der Waals surface area contributed by atoms with Crippen LogP contribution in [0.15, 0.2) is 47.6 Å². The van der Waals surface area contributed by atoms with E-state index in [1.54, 1.807) is 24.3 Å². The summed E-state index contributed by atoms with van der Waals surface area (Å²) < 4.78 is 14.0. The van der Waals surface area contributed by atoms with Gasteiger partial charge in [-0.25, -0.2) is 4.39 Å². The highest BCUT2D eigenvalue weighted by Crippen LogP contribution is 2.17. The summed E-state index contributed by atoms with van der Waals surface area (Å²) in [7, 11) is 0. The van der Waals surface area contributed by atoms with E-state index in [9.17, 15) is 4.39 Å². The molecule has 0 radical (unpaired) electrons. The lowest BCUT2D eigenvalue weighted by atomic mass is 10.2. The lowest BCUT2D eigenvalue weighted by Gasteiger charge is -2.08. The van der Waals surface area contributed by atoms with E-state index >= 15 is 0 Å². The number of nitrogens with one attached hydrogen (secondary N) is 2. The quantitative estimate of drug-likeness (QED) is 0.445. The van der Waals surface area contributed by atoms with E-state index in [1.165, 1.54) is 12.3 Å². The number of nitrogens with two attached hydrogens (primary N) is 1. The van der Waals surface area contributed by atoms with Crippen molar-refractivity contribution in [2.24, 2.45) is 10.8 Å². The standard InChI is InChI=1S/C15H14ClFN4S/c16-12-4-1-10(2-5-12)8-19-14-6-3-11(7-13(14)17)9-20-21-15(18)22/h1-7,9,19H,8H2,(H3,18,21,22)/b20-9+. The van der Waals surface area contributed by atoms with Crippen molar-refractivity contribution in [2.75, 3.05) is 5.32 Å². The van der Waals surface area contributed by atoms with Gasteiger partial charge >= 0.3 is 0 Å². The monoisotopic (exact) mass is 336 g/mol. The van der Waals surface area contributed by atoms with Gasteiger partial charge in [-0.3, -0.25) is 5.43 Å².